The maximum Gasteiger partial charge on any atom is 0.179 e. The summed E-state index contributed by atoms with van der Waals surface area (Å²) in [5.41, 5.74) is 4.52. The highest BCUT2D eigenvalue weighted by Crippen LogP contribution is 2.30. The molecule has 0 saturated carbocycles. The normalized spacial score (nSPS) is 22.7. The van der Waals surface area contributed by atoms with E-state index in [0.29, 0.717) is 13.2 Å². The average Bonchev–Trinajstić information content (AvgIpc) is 2.99. The highest BCUT2D eigenvalue weighted by atomic mass is 16.7. The lowest BCUT2D eigenvalue weighted by atomic mass is 10.1. The highest BCUT2D eigenvalue weighted by Gasteiger charge is 2.41. The van der Waals surface area contributed by atoms with Crippen LogP contribution < -0.4 is 5.43 Å². The SMILES string of the molecule is CC(C)OC[C@@H]1OC([C@@H](NN(C)C)c2ccccc2)O[C@H]1COC(C)C. The average molecular weight is 367 g/mol. The fourth-order valence-corrected chi connectivity index (χ4v) is 2.81. The second kappa shape index (κ2) is 10.3. The van der Waals surface area contributed by atoms with E-state index in [0.717, 1.165) is 5.56 Å². The van der Waals surface area contributed by atoms with Gasteiger partial charge in [0.1, 0.15) is 12.2 Å². The Morgan fingerprint density at radius 3 is 1.85 bits per heavy atom. The fourth-order valence-electron chi connectivity index (χ4n) is 2.81. The maximum atomic E-state index is 6.26. The Morgan fingerprint density at radius 2 is 1.42 bits per heavy atom. The molecule has 1 aromatic carbocycles. The van der Waals surface area contributed by atoms with Crippen LogP contribution in [0.4, 0.5) is 0 Å². The molecule has 2 rings (SSSR count). The number of nitrogens with one attached hydrogen (secondary N) is 1. The molecular weight excluding hydrogens is 332 g/mol. The van der Waals surface area contributed by atoms with Gasteiger partial charge in [-0.1, -0.05) is 30.3 Å². The third-order valence-electron chi connectivity index (χ3n) is 4.05. The Kier molecular flexibility index (Phi) is 8.47. The Hall–Kier alpha value is -1.02. The molecule has 1 fully saturated rings. The zero-order valence-electron chi connectivity index (χ0n) is 16.8. The van der Waals surface area contributed by atoms with Gasteiger partial charge in [0.2, 0.25) is 0 Å². The van der Waals surface area contributed by atoms with Crippen molar-refractivity contribution in [1.29, 1.82) is 0 Å². The molecule has 0 unspecified atom stereocenters. The van der Waals surface area contributed by atoms with Gasteiger partial charge in [0, 0.05) is 14.1 Å². The van der Waals surface area contributed by atoms with Crippen LogP contribution in [-0.4, -0.2) is 63.0 Å². The van der Waals surface area contributed by atoms with Crippen molar-refractivity contribution in [2.75, 3.05) is 27.3 Å². The van der Waals surface area contributed by atoms with Crippen LogP contribution >= 0.6 is 0 Å². The summed E-state index contributed by atoms with van der Waals surface area (Å²) in [6.45, 7) is 9.06. The Balaban J connectivity index is 2.12. The molecule has 0 aliphatic carbocycles. The number of hydrazine groups is 1. The van der Waals surface area contributed by atoms with Crippen LogP contribution in [0.3, 0.4) is 0 Å². The summed E-state index contributed by atoms with van der Waals surface area (Å²) >= 11 is 0. The van der Waals surface area contributed by atoms with E-state index in [9.17, 15) is 0 Å². The predicted octanol–water partition coefficient (Wildman–Crippen LogP) is 2.75. The van der Waals surface area contributed by atoms with Crippen molar-refractivity contribution in [2.45, 2.75) is 64.4 Å². The number of rotatable bonds is 10. The summed E-state index contributed by atoms with van der Waals surface area (Å²) in [7, 11) is 3.92. The molecule has 6 nitrogen and oxygen atoms in total. The van der Waals surface area contributed by atoms with Gasteiger partial charge in [-0.05, 0) is 33.3 Å². The summed E-state index contributed by atoms with van der Waals surface area (Å²) in [6, 6.07) is 10.1. The van der Waals surface area contributed by atoms with Crippen molar-refractivity contribution in [2.24, 2.45) is 0 Å². The van der Waals surface area contributed by atoms with Crippen LogP contribution in [0.25, 0.3) is 0 Å². The minimum Gasteiger partial charge on any atom is -0.376 e. The zero-order chi connectivity index (χ0) is 19.1. The first-order valence-corrected chi connectivity index (χ1v) is 9.39. The fraction of sp³-hybridized carbons (Fsp3) is 0.700. The standard InChI is InChI=1S/C20H34N2O4/c1-14(2)23-12-17-18(13-24-15(3)4)26-20(25-17)19(21-22(5)6)16-10-8-7-9-11-16/h7-11,14-15,17-21H,12-13H2,1-6H3/t17-,18-,19-/m0/s1. The van der Waals surface area contributed by atoms with Crippen molar-refractivity contribution in [3.05, 3.63) is 35.9 Å². The van der Waals surface area contributed by atoms with E-state index in [1.165, 1.54) is 0 Å². The summed E-state index contributed by atoms with van der Waals surface area (Å²) in [5, 5.41) is 1.92. The van der Waals surface area contributed by atoms with E-state index < -0.39 is 6.29 Å². The number of hydrogen-bond acceptors (Lipinski definition) is 6. The van der Waals surface area contributed by atoms with Crippen molar-refractivity contribution in [3.8, 4) is 0 Å². The van der Waals surface area contributed by atoms with Crippen LogP contribution in [0.5, 0.6) is 0 Å². The molecule has 0 bridgehead atoms. The zero-order valence-corrected chi connectivity index (χ0v) is 16.8. The van der Waals surface area contributed by atoms with Gasteiger partial charge in [-0.25, -0.2) is 10.4 Å². The van der Waals surface area contributed by atoms with Gasteiger partial charge in [-0.15, -0.1) is 0 Å². The lowest BCUT2D eigenvalue weighted by molar-refractivity contribution is -0.114. The minimum atomic E-state index is -0.415. The molecule has 6 heteroatoms. The summed E-state index contributed by atoms with van der Waals surface area (Å²) in [5.74, 6) is 0. The Bertz CT molecular complexity index is 490. The monoisotopic (exact) mass is 366 g/mol. The van der Waals surface area contributed by atoms with E-state index in [4.69, 9.17) is 18.9 Å². The molecule has 0 amide bonds. The topological polar surface area (TPSA) is 52.2 Å². The molecule has 1 heterocycles. The van der Waals surface area contributed by atoms with Crippen molar-refractivity contribution >= 4 is 0 Å². The van der Waals surface area contributed by atoms with Gasteiger partial charge in [0.15, 0.2) is 6.29 Å². The molecule has 26 heavy (non-hydrogen) atoms. The van der Waals surface area contributed by atoms with Crippen molar-refractivity contribution in [1.82, 2.24) is 10.4 Å². The number of ether oxygens (including phenoxy) is 4. The first-order valence-electron chi connectivity index (χ1n) is 9.39. The molecule has 148 valence electrons. The summed E-state index contributed by atoms with van der Waals surface area (Å²) in [6.07, 6.45) is -0.433. The van der Waals surface area contributed by atoms with Gasteiger partial charge < -0.3 is 18.9 Å². The molecule has 0 spiro atoms. The lowest BCUT2D eigenvalue weighted by Crippen LogP contribution is -2.41. The van der Waals surface area contributed by atoms with Gasteiger partial charge in [-0.3, -0.25) is 0 Å². The predicted molar refractivity (Wildman–Crippen MR) is 102 cm³/mol. The molecule has 1 aliphatic heterocycles. The van der Waals surface area contributed by atoms with Crippen molar-refractivity contribution in [3.63, 3.8) is 0 Å². The third kappa shape index (κ3) is 6.61. The maximum absolute atomic E-state index is 6.26. The minimum absolute atomic E-state index is 0.114. The first-order chi connectivity index (χ1) is 12.4. The first kappa shape index (κ1) is 21.3. The Morgan fingerprint density at radius 1 is 0.923 bits per heavy atom. The molecule has 1 aliphatic rings. The molecule has 1 aromatic rings. The second-order valence-electron chi connectivity index (χ2n) is 7.39. The van der Waals surface area contributed by atoms with Crippen LogP contribution in [0, 0.1) is 0 Å². The molecule has 1 saturated heterocycles. The molecular formula is C20H34N2O4. The van der Waals surface area contributed by atoms with E-state index in [1.54, 1.807) is 0 Å². The van der Waals surface area contributed by atoms with E-state index in [-0.39, 0.29) is 30.5 Å². The highest BCUT2D eigenvalue weighted by molar-refractivity contribution is 5.19. The smallest absolute Gasteiger partial charge is 0.179 e. The van der Waals surface area contributed by atoms with E-state index in [1.807, 2.05) is 65.0 Å². The van der Waals surface area contributed by atoms with Crippen LogP contribution in [0.1, 0.15) is 39.3 Å². The van der Waals surface area contributed by atoms with Crippen LogP contribution in [0.15, 0.2) is 30.3 Å². The van der Waals surface area contributed by atoms with Crippen molar-refractivity contribution < 1.29 is 18.9 Å². The molecule has 0 radical (unpaired) electrons. The molecule has 3 atom stereocenters. The quantitative estimate of drug-likeness (QED) is 0.643. The Labute approximate surface area is 157 Å². The summed E-state index contributed by atoms with van der Waals surface area (Å²) in [4.78, 5) is 0. The second-order valence-corrected chi connectivity index (χ2v) is 7.39. The number of hydrogen-bond donors (Lipinski definition) is 1. The molecule has 1 N–H and O–H groups in total. The van der Waals surface area contributed by atoms with Crippen LogP contribution in [-0.2, 0) is 18.9 Å². The van der Waals surface area contributed by atoms with Gasteiger partial charge >= 0.3 is 0 Å². The van der Waals surface area contributed by atoms with Gasteiger partial charge in [0.05, 0.1) is 31.5 Å². The van der Waals surface area contributed by atoms with E-state index in [2.05, 4.69) is 17.6 Å². The largest absolute Gasteiger partial charge is 0.376 e. The van der Waals surface area contributed by atoms with Crippen LogP contribution in [0.2, 0.25) is 0 Å². The molecule has 0 aromatic heterocycles. The van der Waals surface area contributed by atoms with Gasteiger partial charge in [0.25, 0.3) is 0 Å². The third-order valence-corrected chi connectivity index (χ3v) is 4.05. The summed E-state index contributed by atoms with van der Waals surface area (Å²) < 4.78 is 24.1. The number of benzene rings is 1. The van der Waals surface area contributed by atoms with E-state index >= 15 is 0 Å². The number of nitrogens with zero attached hydrogens (tertiary/aromatic N) is 1. The van der Waals surface area contributed by atoms with Gasteiger partial charge in [-0.2, -0.15) is 0 Å². The lowest BCUT2D eigenvalue weighted by Gasteiger charge is -2.27.